The molecule has 0 spiro atoms. The highest BCUT2D eigenvalue weighted by molar-refractivity contribution is 6.11. The average molecular weight is 518 g/mol. The molecule has 2 unspecified atom stereocenters. The van der Waals surface area contributed by atoms with Gasteiger partial charge in [0, 0.05) is 47.1 Å². The van der Waals surface area contributed by atoms with Gasteiger partial charge in [-0.25, -0.2) is 4.98 Å². The van der Waals surface area contributed by atoms with Crippen LogP contribution >= 0.6 is 0 Å². The van der Waals surface area contributed by atoms with Crippen LogP contribution in [0.25, 0.3) is 11.5 Å². The summed E-state index contributed by atoms with van der Waals surface area (Å²) in [4.78, 5) is 21.2. The monoisotopic (exact) mass is 517 g/mol. The summed E-state index contributed by atoms with van der Waals surface area (Å²) in [5.74, 6) is -0.724. The Bertz CT molecular complexity index is 1290. The molecule has 2 aromatic heterocycles. The number of halogens is 3. The Morgan fingerprint density at radius 2 is 2.08 bits per heavy atom. The molecule has 1 aliphatic heterocycles. The van der Waals surface area contributed by atoms with Crippen LogP contribution in [0.3, 0.4) is 0 Å². The van der Waals surface area contributed by atoms with Crippen LogP contribution in [0.1, 0.15) is 42.4 Å². The van der Waals surface area contributed by atoms with Crippen molar-refractivity contribution in [3.8, 4) is 11.5 Å². The third-order valence-corrected chi connectivity index (χ3v) is 6.00. The number of hydrogen-bond acceptors (Lipinski definition) is 8. The minimum atomic E-state index is -5.07. The zero-order valence-corrected chi connectivity index (χ0v) is 20.1. The quantitative estimate of drug-likeness (QED) is 0.456. The molecule has 1 amide bonds. The molecular weight excluding hydrogens is 491 g/mol. The van der Waals surface area contributed by atoms with Crippen molar-refractivity contribution in [3.63, 3.8) is 0 Å². The summed E-state index contributed by atoms with van der Waals surface area (Å²) in [6.45, 7) is 2.91. The largest absolute Gasteiger partial charge is 0.444 e. The van der Waals surface area contributed by atoms with Crippen molar-refractivity contribution in [3.05, 3.63) is 71.2 Å². The van der Waals surface area contributed by atoms with E-state index in [9.17, 15) is 23.1 Å². The number of carbonyl (C=O) groups is 1. The Labute approximate surface area is 210 Å². The van der Waals surface area contributed by atoms with Crippen LogP contribution in [-0.2, 0) is 4.74 Å². The van der Waals surface area contributed by atoms with Crippen molar-refractivity contribution in [2.75, 3.05) is 6.61 Å². The lowest BCUT2D eigenvalue weighted by atomic mass is 9.86. The van der Waals surface area contributed by atoms with E-state index in [4.69, 9.17) is 14.6 Å². The highest BCUT2D eigenvalue weighted by Gasteiger charge is 2.54. The number of carbonyl (C=O) groups excluding carboxylic acids is 1. The number of allylic oxidation sites excluding steroid dienone is 3. The van der Waals surface area contributed by atoms with E-state index in [-0.39, 0.29) is 34.8 Å². The van der Waals surface area contributed by atoms with Gasteiger partial charge in [-0.15, -0.1) is 0 Å². The Morgan fingerprint density at radius 1 is 1.30 bits per heavy atom. The number of rotatable bonds is 6. The van der Waals surface area contributed by atoms with Crippen molar-refractivity contribution in [2.24, 2.45) is 0 Å². The average Bonchev–Trinajstić information content (AvgIpc) is 3.34. The molecule has 2 atom stereocenters. The standard InChI is InChI=1S/C25H26F3N5O4/c1-14-9-15(6-7-30-14)23-33-20(13-37-23)22(34)32-19-10-16(12-31-21-5-3-4-8-36-21)18(29)11-17(19)24(2,35)25(26,27)28/h6-7,9-13,21,29,31,35H,3-5,8H2,1-2H3,(H,32,34)/b16-12-,29-18?. The minimum Gasteiger partial charge on any atom is -0.444 e. The summed E-state index contributed by atoms with van der Waals surface area (Å²) in [5.41, 5.74) is -3.35. The number of oxazole rings is 1. The van der Waals surface area contributed by atoms with E-state index in [1.54, 1.807) is 25.3 Å². The molecule has 196 valence electrons. The lowest BCUT2D eigenvalue weighted by Crippen LogP contribution is -2.47. The van der Waals surface area contributed by atoms with Crippen molar-refractivity contribution >= 4 is 11.6 Å². The highest BCUT2D eigenvalue weighted by Crippen LogP contribution is 2.40. The summed E-state index contributed by atoms with van der Waals surface area (Å²) >= 11 is 0. The van der Waals surface area contributed by atoms with Gasteiger partial charge >= 0.3 is 6.18 Å². The maximum atomic E-state index is 13.7. The fourth-order valence-electron chi connectivity index (χ4n) is 3.83. The van der Waals surface area contributed by atoms with E-state index >= 15 is 0 Å². The van der Waals surface area contributed by atoms with E-state index in [0.717, 1.165) is 31.6 Å². The lowest BCUT2D eigenvalue weighted by molar-refractivity contribution is -0.236. The number of alkyl halides is 3. The third kappa shape index (κ3) is 5.81. The van der Waals surface area contributed by atoms with Gasteiger partial charge in [-0.1, -0.05) is 0 Å². The fraction of sp³-hybridized carbons (Fsp3) is 0.360. The zero-order valence-electron chi connectivity index (χ0n) is 20.1. The SMILES string of the molecule is Cc1cc(-c2nc(C(=O)NC3=C/C(=C/NC4CCCCO4)C(=N)C=C3C(C)(O)C(F)(F)F)co2)ccn1. The molecule has 4 rings (SSSR count). The maximum Gasteiger partial charge on any atom is 0.421 e. The van der Waals surface area contributed by atoms with E-state index in [2.05, 4.69) is 20.6 Å². The van der Waals surface area contributed by atoms with Gasteiger partial charge in [0.1, 0.15) is 12.5 Å². The molecule has 1 saturated heterocycles. The molecule has 1 fully saturated rings. The Balaban J connectivity index is 1.62. The molecule has 9 nitrogen and oxygen atoms in total. The number of aromatic nitrogens is 2. The van der Waals surface area contributed by atoms with E-state index in [1.165, 1.54) is 12.3 Å². The first-order valence-corrected chi connectivity index (χ1v) is 11.6. The summed E-state index contributed by atoms with van der Waals surface area (Å²) in [6, 6.07) is 3.33. The first-order chi connectivity index (χ1) is 17.5. The molecule has 1 aliphatic carbocycles. The van der Waals surface area contributed by atoms with Gasteiger partial charge in [-0.3, -0.25) is 9.78 Å². The van der Waals surface area contributed by atoms with Crippen LogP contribution in [0.2, 0.25) is 0 Å². The molecular formula is C25H26F3N5O4. The van der Waals surface area contributed by atoms with Crippen LogP contribution in [0.4, 0.5) is 13.2 Å². The van der Waals surface area contributed by atoms with Crippen LogP contribution < -0.4 is 10.6 Å². The van der Waals surface area contributed by atoms with Crippen molar-refractivity contribution in [1.82, 2.24) is 20.6 Å². The molecule has 12 heteroatoms. The van der Waals surface area contributed by atoms with Crippen molar-refractivity contribution in [2.45, 2.75) is 51.1 Å². The fourth-order valence-corrected chi connectivity index (χ4v) is 3.83. The molecule has 37 heavy (non-hydrogen) atoms. The highest BCUT2D eigenvalue weighted by atomic mass is 19.4. The number of aryl methyl sites for hydroxylation is 1. The van der Waals surface area contributed by atoms with Crippen LogP contribution in [0, 0.1) is 12.3 Å². The number of hydrogen-bond donors (Lipinski definition) is 4. The maximum absolute atomic E-state index is 13.7. The number of amides is 1. The molecule has 0 bridgehead atoms. The van der Waals surface area contributed by atoms with Gasteiger partial charge in [0.2, 0.25) is 5.89 Å². The number of nitrogens with one attached hydrogen (secondary N) is 3. The lowest BCUT2D eigenvalue weighted by Gasteiger charge is -2.32. The normalized spacial score (nSPS) is 21.2. The Hall–Kier alpha value is -3.77. The number of pyridine rings is 1. The topological polar surface area (TPSA) is 133 Å². The molecule has 2 aliphatic rings. The predicted octanol–water partition coefficient (Wildman–Crippen LogP) is 3.93. The zero-order chi connectivity index (χ0) is 26.8. The van der Waals surface area contributed by atoms with Gasteiger partial charge < -0.3 is 30.3 Å². The molecule has 4 N–H and O–H groups in total. The van der Waals surface area contributed by atoms with E-state index < -0.39 is 23.3 Å². The van der Waals surface area contributed by atoms with Gasteiger partial charge in [-0.2, -0.15) is 13.2 Å². The second kappa shape index (κ2) is 10.3. The molecule has 2 aromatic rings. The first-order valence-electron chi connectivity index (χ1n) is 11.6. The number of aliphatic hydroxyl groups is 1. The predicted molar refractivity (Wildman–Crippen MR) is 127 cm³/mol. The third-order valence-electron chi connectivity index (χ3n) is 6.00. The van der Waals surface area contributed by atoms with Gasteiger partial charge in [0.05, 0.1) is 5.71 Å². The number of nitrogens with zero attached hydrogens (tertiary/aromatic N) is 2. The van der Waals surface area contributed by atoms with Crippen LogP contribution in [0.15, 0.2) is 64.2 Å². The smallest absolute Gasteiger partial charge is 0.421 e. The van der Waals surface area contributed by atoms with Crippen molar-refractivity contribution in [1.29, 1.82) is 5.41 Å². The summed E-state index contributed by atoms with van der Waals surface area (Å²) < 4.78 is 52.1. The molecule has 0 aromatic carbocycles. The van der Waals surface area contributed by atoms with E-state index in [1.807, 2.05) is 0 Å². The van der Waals surface area contributed by atoms with Crippen molar-refractivity contribution < 1.29 is 32.2 Å². The van der Waals surface area contributed by atoms with Crippen LogP contribution in [-0.4, -0.2) is 51.3 Å². The summed E-state index contributed by atoms with van der Waals surface area (Å²) in [5, 5.41) is 24.0. The van der Waals surface area contributed by atoms with E-state index in [0.29, 0.717) is 24.8 Å². The number of ether oxygens (including phenoxy) is 1. The Kier molecular flexibility index (Phi) is 7.32. The second-order valence-corrected chi connectivity index (χ2v) is 8.90. The summed E-state index contributed by atoms with van der Waals surface area (Å²) in [6.07, 6.45) is 3.40. The van der Waals surface area contributed by atoms with Gasteiger partial charge in [0.15, 0.2) is 11.3 Å². The summed E-state index contributed by atoms with van der Waals surface area (Å²) in [7, 11) is 0. The molecule has 0 saturated carbocycles. The molecule has 0 radical (unpaired) electrons. The first kappa shape index (κ1) is 26.3. The second-order valence-electron chi connectivity index (χ2n) is 8.90. The molecule has 3 heterocycles. The minimum absolute atomic E-state index is 0.130. The Morgan fingerprint density at radius 3 is 2.76 bits per heavy atom. The van der Waals surface area contributed by atoms with Gasteiger partial charge in [-0.05, 0) is 57.4 Å². The van der Waals surface area contributed by atoms with Gasteiger partial charge in [0.25, 0.3) is 5.91 Å². The van der Waals surface area contributed by atoms with Crippen LogP contribution in [0.5, 0.6) is 0 Å².